The van der Waals surface area contributed by atoms with Crippen molar-refractivity contribution in [3.63, 3.8) is 0 Å². The normalized spacial score (nSPS) is 16.4. The fraction of sp³-hybridized carbons (Fsp3) is 0.571. The summed E-state index contributed by atoms with van der Waals surface area (Å²) in [6, 6.07) is 7.52. The Morgan fingerprint density at radius 1 is 1.30 bits per heavy atom. The lowest BCUT2D eigenvalue weighted by atomic mass is 10.0. The van der Waals surface area contributed by atoms with Crippen molar-refractivity contribution in [2.75, 3.05) is 31.6 Å². The van der Waals surface area contributed by atoms with Crippen LogP contribution in [-0.4, -0.2) is 53.9 Å². The molecular weight excluding hydrogens is 510 g/mol. The Balaban J connectivity index is 1.58. The van der Waals surface area contributed by atoms with Crippen LogP contribution in [-0.2, 0) is 16.1 Å². The van der Waals surface area contributed by atoms with Gasteiger partial charge in [-0.2, -0.15) is 13.2 Å². The number of aromatic nitrogens is 1. The molecular formula is C21H27F3IN3O2. The molecule has 1 N–H and O–H groups in total. The van der Waals surface area contributed by atoms with Crippen LogP contribution < -0.4 is 5.32 Å². The molecule has 0 spiro atoms. The van der Waals surface area contributed by atoms with E-state index in [1.807, 2.05) is 48.6 Å². The number of alkyl halides is 3. The summed E-state index contributed by atoms with van der Waals surface area (Å²) in [5, 5.41) is 4.34. The summed E-state index contributed by atoms with van der Waals surface area (Å²) in [6.45, 7) is 5.55. The first-order valence-electron chi connectivity index (χ1n) is 10.1. The first kappa shape index (κ1) is 23.2. The molecule has 0 unspecified atom stereocenters. The van der Waals surface area contributed by atoms with E-state index in [1.165, 1.54) is 4.57 Å². The summed E-state index contributed by atoms with van der Waals surface area (Å²) in [5.41, 5.74) is 1.46. The van der Waals surface area contributed by atoms with Crippen LogP contribution in [0.15, 0.2) is 24.3 Å². The van der Waals surface area contributed by atoms with Gasteiger partial charge in [0, 0.05) is 36.7 Å². The quantitative estimate of drug-likeness (QED) is 0.404. The number of esters is 1. The molecule has 9 heteroatoms. The number of carbonyl (C=O) groups is 1. The van der Waals surface area contributed by atoms with Crippen LogP contribution in [0.1, 0.15) is 26.7 Å². The maximum absolute atomic E-state index is 12.9. The second-order valence-corrected chi connectivity index (χ2v) is 9.09. The van der Waals surface area contributed by atoms with Gasteiger partial charge in [0.2, 0.25) is 0 Å². The molecule has 30 heavy (non-hydrogen) atoms. The number of benzene rings is 1. The molecule has 0 saturated carbocycles. The second-order valence-electron chi connectivity index (χ2n) is 7.99. The number of halogens is 4. The number of likely N-dealkylation sites (tertiary alicyclic amines) is 1. The predicted molar refractivity (Wildman–Crippen MR) is 120 cm³/mol. The van der Waals surface area contributed by atoms with E-state index in [0.29, 0.717) is 15.8 Å². The Bertz CT molecular complexity index is 874. The van der Waals surface area contributed by atoms with E-state index in [0.717, 1.165) is 43.5 Å². The van der Waals surface area contributed by atoms with Crippen LogP contribution in [0.5, 0.6) is 0 Å². The molecule has 1 aromatic heterocycles. The number of nitrogens with one attached hydrogen (secondary N) is 1. The zero-order chi connectivity index (χ0) is 21.9. The number of hydrogen-bond acceptors (Lipinski definition) is 4. The summed E-state index contributed by atoms with van der Waals surface area (Å²) >= 11 is 1.96. The zero-order valence-corrected chi connectivity index (χ0v) is 19.3. The van der Waals surface area contributed by atoms with Crippen LogP contribution in [0, 0.1) is 9.62 Å². The van der Waals surface area contributed by atoms with Gasteiger partial charge >= 0.3 is 12.1 Å². The summed E-state index contributed by atoms with van der Waals surface area (Å²) in [5.74, 6) is -0.288. The molecule has 0 bridgehead atoms. The smallest absolute Gasteiger partial charge is 0.406 e. The summed E-state index contributed by atoms with van der Waals surface area (Å²) in [4.78, 5) is 13.8. The molecule has 3 rings (SSSR count). The summed E-state index contributed by atoms with van der Waals surface area (Å²) < 4.78 is 45.9. The van der Waals surface area contributed by atoms with Crippen molar-refractivity contribution in [3.05, 3.63) is 28.0 Å². The maximum atomic E-state index is 12.9. The van der Waals surface area contributed by atoms with E-state index >= 15 is 0 Å². The van der Waals surface area contributed by atoms with Crippen LogP contribution in [0.3, 0.4) is 0 Å². The Hall–Kier alpha value is -1.49. The van der Waals surface area contributed by atoms with Gasteiger partial charge < -0.3 is 14.6 Å². The first-order chi connectivity index (χ1) is 14.1. The minimum atomic E-state index is -4.26. The average Bonchev–Trinajstić information content (AvgIpc) is 2.98. The molecule has 1 saturated heterocycles. The molecule has 1 fully saturated rings. The summed E-state index contributed by atoms with van der Waals surface area (Å²) in [6.07, 6.45) is -2.41. The molecule has 0 radical (unpaired) electrons. The molecule has 5 nitrogen and oxygen atoms in total. The average molecular weight is 537 g/mol. The van der Waals surface area contributed by atoms with Gasteiger partial charge in [0.25, 0.3) is 0 Å². The van der Waals surface area contributed by atoms with E-state index in [2.05, 4.69) is 10.2 Å². The van der Waals surface area contributed by atoms with Gasteiger partial charge in [0.15, 0.2) is 0 Å². The highest BCUT2D eigenvalue weighted by Crippen LogP contribution is 2.32. The van der Waals surface area contributed by atoms with Crippen molar-refractivity contribution < 1.29 is 22.7 Å². The van der Waals surface area contributed by atoms with Gasteiger partial charge in [0.05, 0.1) is 15.1 Å². The van der Waals surface area contributed by atoms with Crippen molar-refractivity contribution in [3.8, 4) is 0 Å². The number of anilines is 1. The number of carbonyl (C=O) groups excluding carboxylic acids is 1. The van der Waals surface area contributed by atoms with E-state index in [9.17, 15) is 18.0 Å². The van der Waals surface area contributed by atoms with Gasteiger partial charge in [-0.1, -0.05) is 19.9 Å². The van der Waals surface area contributed by atoms with Crippen molar-refractivity contribution >= 4 is 45.2 Å². The van der Waals surface area contributed by atoms with Gasteiger partial charge in [0.1, 0.15) is 13.2 Å². The molecule has 2 heterocycles. The molecule has 166 valence electrons. The molecule has 1 aromatic carbocycles. The highest BCUT2D eigenvalue weighted by Gasteiger charge is 2.30. The van der Waals surface area contributed by atoms with Crippen molar-refractivity contribution in [2.24, 2.45) is 5.92 Å². The lowest BCUT2D eigenvalue weighted by Gasteiger charge is -2.32. The maximum Gasteiger partial charge on any atom is 0.406 e. The van der Waals surface area contributed by atoms with Gasteiger partial charge in [-0.3, -0.25) is 9.69 Å². The van der Waals surface area contributed by atoms with Crippen LogP contribution in [0.4, 0.5) is 18.9 Å². The van der Waals surface area contributed by atoms with E-state index in [4.69, 9.17) is 4.74 Å². The Labute approximate surface area is 188 Å². The lowest BCUT2D eigenvalue weighted by Crippen LogP contribution is -2.40. The minimum absolute atomic E-state index is 0.114. The van der Waals surface area contributed by atoms with Crippen LogP contribution in [0.25, 0.3) is 10.9 Å². The van der Waals surface area contributed by atoms with E-state index in [-0.39, 0.29) is 17.9 Å². The molecule has 1 aliphatic rings. The number of piperidine rings is 1. The van der Waals surface area contributed by atoms with Crippen molar-refractivity contribution in [2.45, 2.75) is 45.5 Å². The topological polar surface area (TPSA) is 46.5 Å². The lowest BCUT2D eigenvalue weighted by molar-refractivity contribution is -0.147. The van der Waals surface area contributed by atoms with Crippen LogP contribution >= 0.6 is 22.6 Å². The van der Waals surface area contributed by atoms with E-state index in [1.54, 1.807) is 12.1 Å². The fourth-order valence-electron chi connectivity index (χ4n) is 3.68. The summed E-state index contributed by atoms with van der Waals surface area (Å²) in [7, 11) is 0. The molecule has 0 aliphatic carbocycles. The van der Waals surface area contributed by atoms with Gasteiger partial charge in [-0.15, -0.1) is 0 Å². The molecule has 2 aromatic rings. The number of nitrogens with zero attached hydrogens (tertiary/aromatic N) is 2. The zero-order valence-electron chi connectivity index (χ0n) is 17.1. The highest BCUT2D eigenvalue weighted by molar-refractivity contribution is 14.1. The molecule has 0 amide bonds. The Kier molecular flexibility index (Phi) is 7.54. The standard InChI is InChI=1S/C21H27F3IN3O2/c1-14(2)20(29)30-11-10-27-8-6-15(7-9-27)26-17-4-3-5-18-16(17)12-19(25)28(18)13-21(22,23)24/h3-5,12,14-15,26H,6-11,13H2,1-2H3. The first-order valence-corrected chi connectivity index (χ1v) is 11.2. The van der Waals surface area contributed by atoms with Crippen molar-refractivity contribution in [1.82, 2.24) is 9.47 Å². The minimum Gasteiger partial charge on any atom is -0.464 e. The van der Waals surface area contributed by atoms with Gasteiger partial charge in [-0.05, 0) is 53.6 Å². The largest absolute Gasteiger partial charge is 0.464 e. The SMILES string of the molecule is CC(C)C(=O)OCCN1CCC(Nc2cccc3c2cc(I)n3CC(F)(F)F)CC1. The number of rotatable bonds is 7. The third-order valence-corrected chi connectivity index (χ3v) is 6.20. The van der Waals surface area contributed by atoms with Crippen molar-refractivity contribution in [1.29, 1.82) is 0 Å². The third-order valence-electron chi connectivity index (χ3n) is 5.30. The molecule has 1 aliphatic heterocycles. The number of ether oxygens (including phenoxy) is 1. The number of hydrogen-bond donors (Lipinski definition) is 1. The van der Waals surface area contributed by atoms with E-state index < -0.39 is 12.7 Å². The fourth-order valence-corrected chi connectivity index (χ4v) is 4.42. The third kappa shape index (κ3) is 6.03. The Morgan fingerprint density at radius 3 is 2.63 bits per heavy atom. The monoisotopic (exact) mass is 537 g/mol. The predicted octanol–water partition coefficient (Wildman–Crippen LogP) is 4.88. The number of fused-ring (bicyclic) bond motifs is 1. The van der Waals surface area contributed by atoms with Crippen LogP contribution in [0.2, 0.25) is 0 Å². The molecule has 0 atom stereocenters. The highest BCUT2D eigenvalue weighted by atomic mass is 127. The van der Waals surface area contributed by atoms with Gasteiger partial charge in [-0.25, -0.2) is 0 Å². The second kappa shape index (κ2) is 9.76. The Morgan fingerprint density at radius 2 is 2.00 bits per heavy atom.